The first-order valence-electron chi connectivity index (χ1n) is 13.4. The molecule has 2 N–H and O–H groups in total. The average Bonchev–Trinajstić information content (AvgIpc) is 3.68. The van der Waals surface area contributed by atoms with Crippen LogP contribution in [0.4, 0.5) is 11.4 Å². The van der Waals surface area contributed by atoms with Crippen LogP contribution < -0.4 is 20.5 Å². The molecule has 14 heteroatoms. The number of halogens is 1. The number of nitro groups is 1. The highest BCUT2D eigenvalue weighted by atomic mass is 35.5. The Balaban J connectivity index is 1.55. The molecule has 0 spiro atoms. The van der Waals surface area contributed by atoms with Crippen molar-refractivity contribution in [3.05, 3.63) is 84.8 Å². The Morgan fingerprint density at radius 2 is 2.07 bits per heavy atom. The third kappa shape index (κ3) is 6.38. The largest absolute Gasteiger partial charge is 0.772 e. The second-order valence-corrected chi connectivity index (χ2v) is 12.4. The number of ether oxygens (including phenoxy) is 1. The first kappa shape index (κ1) is 29.8. The summed E-state index contributed by atoms with van der Waals surface area (Å²) in [5.41, 5.74) is 0.764. The number of quaternary nitrogens is 1. The van der Waals surface area contributed by atoms with Gasteiger partial charge in [0.25, 0.3) is 5.69 Å². The maximum absolute atomic E-state index is 13.8. The van der Waals surface area contributed by atoms with E-state index in [1.165, 1.54) is 23.7 Å². The number of hydrogen-bond donors (Lipinski definition) is 1. The highest BCUT2D eigenvalue weighted by Crippen LogP contribution is 2.45. The van der Waals surface area contributed by atoms with Gasteiger partial charge in [-0.3, -0.25) is 23.9 Å². The molecule has 2 aromatic carbocycles. The van der Waals surface area contributed by atoms with E-state index >= 15 is 0 Å². The number of benzene rings is 2. The van der Waals surface area contributed by atoms with Crippen LogP contribution in [0.25, 0.3) is 5.69 Å². The molecular formula is C28H30ClN5O7S. The first-order chi connectivity index (χ1) is 20.0. The van der Waals surface area contributed by atoms with Crippen LogP contribution in [-0.2, 0) is 16.8 Å². The summed E-state index contributed by atoms with van der Waals surface area (Å²) in [6.07, 6.45) is 3.57. The fourth-order valence-electron chi connectivity index (χ4n) is 5.14. The Morgan fingerprint density at radius 1 is 1.31 bits per heavy atom. The van der Waals surface area contributed by atoms with Gasteiger partial charge in [0.05, 0.1) is 48.6 Å². The lowest BCUT2D eigenvalue weighted by Crippen LogP contribution is -2.90. The van der Waals surface area contributed by atoms with Crippen molar-refractivity contribution in [2.24, 2.45) is 5.41 Å². The van der Waals surface area contributed by atoms with Gasteiger partial charge < -0.3 is 19.5 Å². The quantitative estimate of drug-likeness (QED) is 0.156. The predicted molar refractivity (Wildman–Crippen MR) is 155 cm³/mol. The molecule has 2 heterocycles. The monoisotopic (exact) mass is 615 g/mol. The number of nitrogens with zero attached hydrogens (tertiary/aromatic N) is 4. The second kappa shape index (κ2) is 11.9. The van der Waals surface area contributed by atoms with Gasteiger partial charge in [-0.25, -0.2) is 0 Å². The summed E-state index contributed by atoms with van der Waals surface area (Å²) < 4.78 is 30.8. The van der Waals surface area contributed by atoms with Crippen LogP contribution in [0.15, 0.2) is 47.4 Å². The molecule has 1 saturated carbocycles. The van der Waals surface area contributed by atoms with Crippen molar-refractivity contribution >= 4 is 39.8 Å². The molecule has 0 bridgehead atoms. The number of rotatable bonds is 10. The number of nitrogens with two attached hydrogens (primary N) is 1. The number of carbonyl (C=O) groups excluding carboxylic acids is 1. The third-order valence-electron chi connectivity index (χ3n) is 7.75. The van der Waals surface area contributed by atoms with Crippen LogP contribution in [0.3, 0.4) is 0 Å². The summed E-state index contributed by atoms with van der Waals surface area (Å²) in [7, 11) is 0. The highest BCUT2D eigenvalue weighted by Gasteiger charge is 2.39. The van der Waals surface area contributed by atoms with E-state index in [1.807, 2.05) is 10.2 Å². The Labute approximate surface area is 249 Å². The SMILES string of the molecule is CC(=O)c1cc(C2CN(c3cnn(-c4cccc(Cl)c4)c(=O)c3OCC3(C)CC3)CC[NH2+]2)c(CS(=O)[O-])cc1[N+](=O)[O-]. The molecule has 2 atom stereocenters. The van der Waals surface area contributed by atoms with Crippen molar-refractivity contribution in [1.82, 2.24) is 9.78 Å². The summed E-state index contributed by atoms with van der Waals surface area (Å²) in [6, 6.07) is 8.99. The van der Waals surface area contributed by atoms with Crippen LogP contribution >= 0.6 is 11.6 Å². The molecule has 0 amide bonds. The standard InChI is InChI=1S/C28H30ClN5O7S/c1-17(35)21-12-22(18(15-42(39)40)10-24(21)34(37)38)23-14-32(9-8-30-23)25-13-31-33(20-5-3-4-19(29)11-20)27(36)26(25)41-16-28(2)6-7-28/h3-5,10-13,23,30H,6-9,14-16H2,1-2H3,(H,39,40). The van der Waals surface area contributed by atoms with E-state index in [9.17, 15) is 28.5 Å². The number of piperazine rings is 1. The molecular weight excluding hydrogens is 586 g/mol. The Morgan fingerprint density at radius 3 is 2.71 bits per heavy atom. The minimum atomic E-state index is -2.52. The van der Waals surface area contributed by atoms with E-state index < -0.39 is 38.8 Å². The third-order valence-corrected chi connectivity index (χ3v) is 8.53. The molecule has 1 aliphatic heterocycles. The number of carbonyl (C=O) groups is 1. The van der Waals surface area contributed by atoms with Crippen LogP contribution in [0.5, 0.6) is 5.75 Å². The number of nitro benzene ring substituents is 1. The summed E-state index contributed by atoms with van der Waals surface area (Å²) in [5.74, 6) is -0.792. The molecule has 5 rings (SSSR count). The maximum atomic E-state index is 13.8. The van der Waals surface area contributed by atoms with E-state index in [0.29, 0.717) is 48.2 Å². The summed E-state index contributed by atoms with van der Waals surface area (Å²) in [6.45, 7) is 5.09. The fraction of sp³-hybridized carbons (Fsp3) is 0.393. The van der Waals surface area contributed by atoms with Gasteiger partial charge in [0.1, 0.15) is 11.7 Å². The van der Waals surface area contributed by atoms with Crippen LogP contribution in [0.2, 0.25) is 5.02 Å². The second-order valence-electron chi connectivity index (χ2n) is 11.1. The van der Waals surface area contributed by atoms with Crippen LogP contribution in [0, 0.1) is 15.5 Å². The Hall–Kier alpha value is -3.65. The molecule has 222 valence electrons. The maximum Gasteiger partial charge on any atom is 0.316 e. The zero-order valence-corrected chi connectivity index (χ0v) is 24.7. The smallest absolute Gasteiger partial charge is 0.316 e. The van der Waals surface area contributed by atoms with Crippen LogP contribution in [-0.4, -0.2) is 55.5 Å². The number of ketones is 1. The minimum Gasteiger partial charge on any atom is -0.772 e. The lowest BCUT2D eigenvalue weighted by molar-refractivity contribution is -0.697. The van der Waals surface area contributed by atoms with Crippen molar-refractivity contribution in [2.75, 3.05) is 31.1 Å². The highest BCUT2D eigenvalue weighted by molar-refractivity contribution is 7.78. The number of hydrogen-bond acceptors (Lipinski definition) is 9. The van der Waals surface area contributed by atoms with E-state index in [2.05, 4.69) is 12.0 Å². The molecule has 1 aliphatic carbocycles. The van der Waals surface area contributed by atoms with Crippen LogP contribution in [0.1, 0.15) is 54.2 Å². The zero-order valence-electron chi connectivity index (χ0n) is 23.1. The molecule has 1 aromatic heterocycles. The number of aromatic nitrogens is 2. The van der Waals surface area contributed by atoms with Gasteiger partial charge >= 0.3 is 5.56 Å². The van der Waals surface area contributed by atoms with Gasteiger partial charge in [-0.1, -0.05) is 35.7 Å². The van der Waals surface area contributed by atoms with Gasteiger partial charge in [-0.15, -0.1) is 0 Å². The lowest BCUT2D eigenvalue weighted by Gasteiger charge is -2.34. The molecule has 12 nitrogen and oxygen atoms in total. The zero-order chi connectivity index (χ0) is 30.2. The van der Waals surface area contributed by atoms with E-state index in [1.54, 1.807) is 30.5 Å². The minimum absolute atomic E-state index is 0.00317. The van der Waals surface area contributed by atoms with Crippen molar-refractivity contribution < 1.29 is 28.5 Å². The van der Waals surface area contributed by atoms with Crippen molar-refractivity contribution in [1.29, 1.82) is 0 Å². The van der Waals surface area contributed by atoms with Crippen molar-refractivity contribution in [2.45, 2.75) is 38.5 Å². The molecule has 2 unspecified atom stereocenters. The molecule has 1 saturated heterocycles. The lowest BCUT2D eigenvalue weighted by atomic mass is 9.94. The molecule has 3 aromatic rings. The first-order valence-corrected chi connectivity index (χ1v) is 15.1. The average molecular weight is 616 g/mol. The number of Topliss-reactive ketones (excluding diaryl/α,β-unsaturated/α-hetero) is 1. The summed E-state index contributed by atoms with van der Waals surface area (Å²) >= 11 is 3.64. The molecule has 0 radical (unpaired) electrons. The Bertz CT molecular complexity index is 1640. The van der Waals surface area contributed by atoms with Crippen molar-refractivity contribution in [3.63, 3.8) is 0 Å². The van der Waals surface area contributed by atoms with Gasteiger partial charge in [-0.05, 0) is 49.6 Å². The van der Waals surface area contributed by atoms with E-state index in [-0.39, 0.29) is 28.3 Å². The van der Waals surface area contributed by atoms with E-state index in [4.69, 9.17) is 16.3 Å². The predicted octanol–water partition coefficient (Wildman–Crippen LogP) is 2.68. The van der Waals surface area contributed by atoms with Gasteiger partial charge in [0.2, 0.25) is 5.75 Å². The van der Waals surface area contributed by atoms with Crippen molar-refractivity contribution in [3.8, 4) is 11.4 Å². The molecule has 2 aliphatic rings. The fourth-order valence-corrected chi connectivity index (χ4v) is 5.83. The number of anilines is 1. The normalized spacial score (nSPS) is 18.4. The molecule has 2 fully saturated rings. The van der Waals surface area contributed by atoms with Gasteiger partial charge in [-0.2, -0.15) is 9.78 Å². The van der Waals surface area contributed by atoms with Gasteiger partial charge in [0.15, 0.2) is 5.78 Å². The molecule has 42 heavy (non-hydrogen) atoms. The summed E-state index contributed by atoms with van der Waals surface area (Å²) in [4.78, 5) is 39.0. The van der Waals surface area contributed by atoms with E-state index in [0.717, 1.165) is 12.8 Å². The topological polar surface area (TPSA) is 164 Å². The Kier molecular flexibility index (Phi) is 8.46. The summed E-state index contributed by atoms with van der Waals surface area (Å²) in [5, 5.41) is 18.5. The van der Waals surface area contributed by atoms with Gasteiger partial charge in [0, 0.05) is 27.8 Å².